The summed E-state index contributed by atoms with van der Waals surface area (Å²) in [7, 11) is 0. The smallest absolute Gasteiger partial charge is 0.00258 e. The molecule has 0 radical (unpaired) electrons. The van der Waals surface area contributed by atoms with Crippen LogP contribution >= 0.6 is 0 Å². The van der Waals surface area contributed by atoms with E-state index >= 15 is 0 Å². The normalized spacial score (nSPS) is 16.3. The fourth-order valence-corrected chi connectivity index (χ4v) is 3.65. The fraction of sp³-hybridized carbons (Fsp3) is 0.478. The van der Waals surface area contributed by atoms with E-state index in [1.165, 1.54) is 42.4 Å². The Morgan fingerprint density at radius 1 is 0.826 bits per heavy atom. The third-order valence-electron chi connectivity index (χ3n) is 5.38. The highest BCUT2D eigenvalue weighted by Crippen LogP contribution is 2.51. The average molecular weight is 306 g/mol. The van der Waals surface area contributed by atoms with E-state index in [4.69, 9.17) is 0 Å². The minimum absolute atomic E-state index is 0.234. The molecule has 0 N–H and O–H groups in total. The molecule has 0 unspecified atom stereocenters. The van der Waals surface area contributed by atoms with E-state index in [2.05, 4.69) is 76.2 Å². The lowest BCUT2D eigenvalue weighted by atomic mass is 9.86. The van der Waals surface area contributed by atoms with E-state index in [0.717, 1.165) is 6.42 Å². The first-order valence-corrected chi connectivity index (χ1v) is 9.12. The highest BCUT2D eigenvalue weighted by atomic mass is 14.5. The SMILES string of the molecule is CCCC1(c2ccc(Cc3ccc(C(C)(C)C)cc3)cc2)CC1. The molecule has 0 amide bonds. The van der Waals surface area contributed by atoms with Gasteiger partial charge in [0, 0.05) is 0 Å². The van der Waals surface area contributed by atoms with Crippen LogP contribution in [0.1, 0.15) is 75.6 Å². The summed E-state index contributed by atoms with van der Waals surface area (Å²) >= 11 is 0. The van der Waals surface area contributed by atoms with Crippen LogP contribution in [0.2, 0.25) is 0 Å². The van der Waals surface area contributed by atoms with Crippen LogP contribution in [0, 0.1) is 0 Å². The van der Waals surface area contributed by atoms with E-state index in [0.29, 0.717) is 5.41 Å². The van der Waals surface area contributed by atoms with Crippen molar-refractivity contribution in [1.82, 2.24) is 0 Å². The number of hydrogen-bond donors (Lipinski definition) is 0. The molecule has 0 bridgehead atoms. The number of rotatable bonds is 5. The highest BCUT2D eigenvalue weighted by Gasteiger charge is 2.42. The van der Waals surface area contributed by atoms with Crippen LogP contribution in [-0.4, -0.2) is 0 Å². The second kappa shape index (κ2) is 6.15. The Morgan fingerprint density at radius 3 is 1.78 bits per heavy atom. The summed E-state index contributed by atoms with van der Waals surface area (Å²) in [5, 5.41) is 0. The molecular formula is C23H30. The molecule has 2 aromatic carbocycles. The summed E-state index contributed by atoms with van der Waals surface area (Å²) in [6.45, 7) is 9.11. The van der Waals surface area contributed by atoms with Gasteiger partial charge in [-0.05, 0) is 58.8 Å². The Morgan fingerprint density at radius 2 is 1.35 bits per heavy atom. The first-order valence-electron chi connectivity index (χ1n) is 9.12. The van der Waals surface area contributed by atoms with E-state index in [1.807, 2.05) is 0 Å². The van der Waals surface area contributed by atoms with Crippen molar-refractivity contribution < 1.29 is 0 Å². The minimum atomic E-state index is 0.234. The van der Waals surface area contributed by atoms with Crippen molar-refractivity contribution in [1.29, 1.82) is 0 Å². The molecule has 0 saturated heterocycles. The van der Waals surface area contributed by atoms with Crippen molar-refractivity contribution in [2.45, 2.75) is 70.6 Å². The Hall–Kier alpha value is -1.56. The van der Waals surface area contributed by atoms with E-state index in [1.54, 1.807) is 5.56 Å². The molecule has 1 fully saturated rings. The Bertz CT molecular complexity index is 634. The molecule has 23 heavy (non-hydrogen) atoms. The zero-order valence-electron chi connectivity index (χ0n) is 15.2. The summed E-state index contributed by atoms with van der Waals surface area (Å²) in [5.74, 6) is 0. The molecular weight excluding hydrogens is 276 g/mol. The average Bonchev–Trinajstić information content (AvgIpc) is 3.29. The summed E-state index contributed by atoms with van der Waals surface area (Å²) < 4.78 is 0. The maximum absolute atomic E-state index is 2.38. The summed E-state index contributed by atoms with van der Waals surface area (Å²) in [5.41, 5.74) is 6.56. The van der Waals surface area contributed by atoms with Gasteiger partial charge in [0.25, 0.3) is 0 Å². The van der Waals surface area contributed by atoms with Gasteiger partial charge >= 0.3 is 0 Å². The second-order valence-electron chi connectivity index (χ2n) is 8.35. The maximum atomic E-state index is 2.38. The molecule has 0 nitrogen and oxygen atoms in total. The highest BCUT2D eigenvalue weighted by molar-refractivity contribution is 5.36. The number of hydrogen-bond acceptors (Lipinski definition) is 0. The molecule has 0 aliphatic heterocycles. The van der Waals surface area contributed by atoms with E-state index < -0.39 is 0 Å². The molecule has 0 aromatic heterocycles. The molecule has 122 valence electrons. The largest absolute Gasteiger partial charge is 0.0654 e. The molecule has 0 heteroatoms. The van der Waals surface area contributed by atoms with Gasteiger partial charge in [-0.1, -0.05) is 82.6 Å². The van der Waals surface area contributed by atoms with Gasteiger partial charge in [-0.2, -0.15) is 0 Å². The van der Waals surface area contributed by atoms with Gasteiger partial charge in [0.2, 0.25) is 0 Å². The van der Waals surface area contributed by atoms with Gasteiger partial charge in [-0.25, -0.2) is 0 Å². The standard InChI is InChI=1S/C23H30/c1-5-14-23(15-16-23)21-12-8-19(9-13-21)17-18-6-10-20(11-7-18)22(2,3)4/h6-13H,5,14-17H2,1-4H3. The van der Waals surface area contributed by atoms with Crippen molar-refractivity contribution in [3.05, 3.63) is 70.8 Å². The zero-order chi connectivity index (χ0) is 16.5. The van der Waals surface area contributed by atoms with E-state index in [9.17, 15) is 0 Å². The molecule has 1 saturated carbocycles. The predicted molar refractivity (Wildman–Crippen MR) is 100 cm³/mol. The lowest BCUT2D eigenvalue weighted by Crippen LogP contribution is -2.10. The van der Waals surface area contributed by atoms with Gasteiger partial charge < -0.3 is 0 Å². The zero-order valence-corrected chi connectivity index (χ0v) is 15.2. The minimum Gasteiger partial charge on any atom is -0.0654 e. The maximum Gasteiger partial charge on any atom is -0.00258 e. The van der Waals surface area contributed by atoms with E-state index in [-0.39, 0.29) is 5.41 Å². The number of benzene rings is 2. The van der Waals surface area contributed by atoms with Crippen LogP contribution in [-0.2, 0) is 17.3 Å². The van der Waals surface area contributed by atoms with Gasteiger partial charge in [-0.15, -0.1) is 0 Å². The van der Waals surface area contributed by atoms with Crippen LogP contribution in [0.25, 0.3) is 0 Å². The predicted octanol–water partition coefficient (Wildman–Crippen LogP) is 6.41. The van der Waals surface area contributed by atoms with Gasteiger partial charge in [0.15, 0.2) is 0 Å². The third kappa shape index (κ3) is 3.68. The molecule has 1 aliphatic rings. The van der Waals surface area contributed by atoms with Crippen LogP contribution in [0.4, 0.5) is 0 Å². The van der Waals surface area contributed by atoms with Crippen molar-refractivity contribution in [3.63, 3.8) is 0 Å². The Labute approximate surface area is 141 Å². The van der Waals surface area contributed by atoms with Crippen molar-refractivity contribution in [2.75, 3.05) is 0 Å². The lowest BCUT2D eigenvalue weighted by Gasteiger charge is -2.19. The monoisotopic (exact) mass is 306 g/mol. The van der Waals surface area contributed by atoms with Crippen molar-refractivity contribution >= 4 is 0 Å². The molecule has 0 spiro atoms. The van der Waals surface area contributed by atoms with Crippen LogP contribution in [0.15, 0.2) is 48.5 Å². The lowest BCUT2D eigenvalue weighted by molar-refractivity contribution is 0.590. The molecule has 0 heterocycles. The molecule has 0 atom stereocenters. The molecule has 3 rings (SSSR count). The van der Waals surface area contributed by atoms with Gasteiger partial charge in [-0.3, -0.25) is 0 Å². The summed E-state index contributed by atoms with van der Waals surface area (Å²) in [6.07, 6.45) is 6.44. The second-order valence-corrected chi connectivity index (χ2v) is 8.35. The molecule has 1 aliphatic carbocycles. The van der Waals surface area contributed by atoms with Gasteiger partial charge in [0.05, 0.1) is 0 Å². The Balaban J connectivity index is 1.69. The van der Waals surface area contributed by atoms with Crippen LogP contribution in [0.5, 0.6) is 0 Å². The van der Waals surface area contributed by atoms with Gasteiger partial charge in [0.1, 0.15) is 0 Å². The topological polar surface area (TPSA) is 0 Å². The Kier molecular flexibility index (Phi) is 4.36. The fourth-order valence-electron chi connectivity index (χ4n) is 3.65. The van der Waals surface area contributed by atoms with Crippen molar-refractivity contribution in [3.8, 4) is 0 Å². The van der Waals surface area contributed by atoms with Crippen LogP contribution < -0.4 is 0 Å². The third-order valence-corrected chi connectivity index (χ3v) is 5.38. The summed E-state index contributed by atoms with van der Waals surface area (Å²) in [6, 6.07) is 18.6. The van der Waals surface area contributed by atoms with Crippen LogP contribution in [0.3, 0.4) is 0 Å². The summed E-state index contributed by atoms with van der Waals surface area (Å²) in [4.78, 5) is 0. The molecule has 2 aromatic rings. The first-order chi connectivity index (χ1) is 10.9. The quantitative estimate of drug-likeness (QED) is 0.599. The van der Waals surface area contributed by atoms with Crippen molar-refractivity contribution in [2.24, 2.45) is 0 Å². The first kappa shape index (κ1) is 16.3.